The van der Waals surface area contributed by atoms with Crippen molar-refractivity contribution in [2.75, 3.05) is 7.11 Å². The molecule has 1 aromatic carbocycles. The van der Waals surface area contributed by atoms with E-state index < -0.39 is 0 Å². The van der Waals surface area contributed by atoms with E-state index in [1.54, 1.807) is 17.9 Å². The second-order valence-corrected chi connectivity index (χ2v) is 6.86. The molecule has 1 amide bonds. The molecule has 0 aliphatic rings. The molecule has 29 heavy (non-hydrogen) atoms. The molecular formula is C21H21N5O3. The maximum absolute atomic E-state index is 13.1. The summed E-state index contributed by atoms with van der Waals surface area (Å²) in [6.45, 7) is 3.70. The average molecular weight is 391 g/mol. The maximum Gasteiger partial charge on any atom is 0.259 e. The summed E-state index contributed by atoms with van der Waals surface area (Å²) in [4.78, 5) is 17.5. The Labute approximate surface area is 167 Å². The van der Waals surface area contributed by atoms with E-state index in [0.717, 1.165) is 11.3 Å². The van der Waals surface area contributed by atoms with Crippen LogP contribution in [0.3, 0.4) is 0 Å². The van der Waals surface area contributed by atoms with Crippen LogP contribution in [0.25, 0.3) is 22.4 Å². The molecule has 3 aromatic heterocycles. The largest absolute Gasteiger partial charge is 0.497 e. The summed E-state index contributed by atoms with van der Waals surface area (Å²) >= 11 is 0. The van der Waals surface area contributed by atoms with Crippen molar-refractivity contribution >= 4 is 17.0 Å². The van der Waals surface area contributed by atoms with Gasteiger partial charge in [0, 0.05) is 24.5 Å². The number of nitrogens with zero attached hydrogens (tertiary/aromatic N) is 4. The molecule has 1 atom stereocenters. The zero-order valence-corrected chi connectivity index (χ0v) is 16.6. The molecule has 1 N–H and O–H groups in total. The molecule has 0 saturated heterocycles. The summed E-state index contributed by atoms with van der Waals surface area (Å²) in [7, 11) is 3.44. The van der Waals surface area contributed by atoms with E-state index in [1.165, 1.54) is 0 Å². The monoisotopic (exact) mass is 391 g/mol. The number of pyridine rings is 1. The lowest BCUT2D eigenvalue weighted by atomic mass is 10.0. The molecule has 0 aliphatic carbocycles. The Kier molecular flexibility index (Phi) is 4.75. The van der Waals surface area contributed by atoms with Crippen LogP contribution in [0, 0.1) is 6.92 Å². The van der Waals surface area contributed by atoms with Gasteiger partial charge in [-0.2, -0.15) is 5.10 Å². The Morgan fingerprint density at radius 2 is 2.10 bits per heavy atom. The molecule has 0 radical (unpaired) electrons. The van der Waals surface area contributed by atoms with Gasteiger partial charge >= 0.3 is 0 Å². The summed E-state index contributed by atoms with van der Waals surface area (Å²) in [5, 5.41) is 12.1. The first-order chi connectivity index (χ1) is 14.0. The Bertz CT molecular complexity index is 1190. The lowest BCUT2D eigenvalue weighted by Crippen LogP contribution is -2.27. The fourth-order valence-corrected chi connectivity index (χ4v) is 3.23. The molecule has 3 heterocycles. The van der Waals surface area contributed by atoms with Crippen molar-refractivity contribution in [1.29, 1.82) is 0 Å². The lowest BCUT2D eigenvalue weighted by molar-refractivity contribution is 0.0940. The molecule has 148 valence electrons. The van der Waals surface area contributed by atoms with Crippen molar-refractivity contribution in [3.63, 3.8) is 0 Å². The van der Waals surface area contributed by atoms with Crippen LogP contribution in [0.1, 0.15) is 34.7 Å². The van der Waals surface area contributed by atoms with Gasteiger partial charge in [-0.15, -0.1) is 0 Å². The average Bonchev–Trinajstić information content (AvgIpc) is 3.33. The van der Waals surface area contributed by atoms with Crippen LogP contribution in [0.2, 0.25) is 0 Å². The highest BCUT2D eigenvalue weighted by atomic mass is 16.5. The minimum absolute atomic E-state index is 0.244. The quantitative estimate of drug-likeness (QED) is 0.560. The summed E-state index contributed by atoms with van der Waals surface area (Å²) in [5.41, 5.74) is 3.54. The fraction of sp³-hybridized carbons (Fsp3) is 0.238. The third kappa shape index (κ3) is 3.56. The number of methoxy groups -OCH3 is 1. The normalized spacial score (nSPS) is 12.1. The molecule has 0 unspecified atom stereocenters. The Balaban J connectivity index is 1.77. The van der Waals surface area contributed by atoms with Gasteiger partial charge in [-0.3, -0.25) is 9.48 Å². The number of nitrogens with one attached hydrogen (secondary N) is 1. The van der Waals surface area contributed by atoms with Crippen molar-refractivity contribution in [3.05, 3.63) is 59.5 Å². The zero-order valence-electron chi connectivity index (χ0n) is 16.6. The number of carbonyl (C=O) groups is 1. The van der Waals surface area contributed by atoms with Crippen molar-refractivity contribution in [2.24, 2.45) is 7.05 Å². The number of ether oxygens (including phenoxy) is 1. The Morgan fingerprint density at radius 1 is 1.28 bits per heavy atom. The van der Waals surface area contributed by atoms with Gasteiger partial charge in [0.25, 0.3) is 11.6 Å². The minimum Gasteiger partial charge on any atom is -0.497 e. The highest BCUT2D eigenvalue weighted by molar-refractivity contribution is 6.09. The molecule has 4 rings (SSSR count). The Morgan fingerprint density at radius 3 is 2.83 bits per heavy atom. The van der Waals surface area contributed by atoms with E-state index in [4.69, 9.17) is 9.26 Å². The van der Waals surface area contributed by atoms with E-state index in [9.17, 15) is 4.79 Å². The zero-order chi connectivity index (χ0) is 20.5. The number of aryl methyl sites for hydroxylation is 2. The van der Waals surface area contributed by atoms with Gasteiger partial charge in [-0.25, -0.2) is 4.98 Å². The number of rotatable bonds is 5. The Hall–Kier alpha value is -3.68. The van der Waals surface area contributed by atoms with E-state index in [-0.39, 0.29) is 11.9 Å². The van der Waals surface area contributed by atoms with Crippen LogP contribution in [0.5, 0.6) is 5.75 Å². The number of fused-ring (bicyclic) bond motifs is 1. The van der Waals surface area contributed by atoms with Crippen molar-refractivity contribution in [1.82, 2.24) is 25.2 Å². The van der Waals surface area contributed by atoms with Crippen LogP contribution < -0.4 is 10.1 Å². The standard InChI is InChI=1S/C21H21N5O3/c1-12-10-16(20(27)23-13(2)17-8-9-26(3)24-17)18-19(25-29-21(18)22-12)14-6-5-7-15(11-14)28-4/h5-11,13H,1-4H3,(H,23,27)/t13-/m1/s1. The fourth-order valence-electron chi connectivity index (χ4n) is 3.23. The van der Waals surface area contributed by atoms with Gasteiger partial charge < -0.3 is 14.6 Å². The van der Waals surface area contributed by atoms with E-state index in [1.807, 2.05) is 57.4 Å². The van der Waals surface area contributed by atoms with Crippen LogP contribution in [0.15, 0.2) is 47.1 Å². The van der Waals surface area contributed by atoms with Gasteiger partial charge in [0.05, 0.1) is 29.8 Å². The van der Waals surface area contributed by atoms with Gasteiger partial charge in [0.15, 0.2) is 0 Å². The van der Waals surface area contributed by atoms with Gasteiger partial charge in [-0.1, -0.05) is 17.3 Å². The summed E-state index contributed by atoms with van der Waals surface area (Å²) in [6.07, 6.45) is 1.84. The van der Waals surface area contributed by atoms with Crippen LogP contribution >= 0.6 is 0 Å². The van der Waals surface area contributed by atoms with Crippen molar-refractivity contribution < 1.29 is 14.1 Å². The number of amides is 1. The van der Waals surface area contributed by atoms with Crippen LogP contribution in [-0.2, 0) is 7.05 Å². The summed E-state index contributed by atoms with van der Waals surface area (Å²) < 4.78 is 12.4. The summed E-state index contributed by atoms with van der Waals surface area (Å²) in [6, 6.07) is 10.8. The molecule has 0 aliphatic heterocycles. The molecule has 0 saturated carbocycles. The van der Waals surface area contributed by atoms with E-state index in [2.05, 4.69) is 20.6 Å². The first-order valence-electron chi connectivity index (χ1n) is 9.18. The van der Waals surface area contributed by atoms with Crippen molar-refractivity contribution in [2.45, 2.75) is 19.9 Å². The molecule has 0 fully saturated rings. The SMILES string of the molecule is COc1cccc(-c2noc3nc(C)cc(C(=O)N[C@H](C)c4ccn(C)n4)c23)c1. The first-order valence-corrected chi connectivity index (χ1v) is 9.18. The summed E-state index contributed by atoms with van der Waals surface area (Å²) in [5.74, 6) is 0.444. The second-order valence-electron chi connectivity index (χ2n) is 6.86. The number of carbonyl (C=O) groups excluding carboxylic acids is 1. The molecular weight excluding hydrogens is 370 g/mol. The molecule has 0 bridgehead atoms. The van der Waals surface area contributed by atoms with Crippen LogP contribution in [-0.4, -0.2) is 32.9 Å². The third-order valence-electron chi connectivity index (χ3n) is 4.69. The number of hydrogen-bond acceptors (Lipinski definition) is 6. The smallest absolute Gasteiger partial charge is 0.259 e. The maximum atomic E-state index is 13.1. The second kappa shape index (κ2) is 7.38. The number of hydrogen-bond donors (Lipinski definition) is 1. The molecule has 8 nitrogen and oxygen atoms in total. The first kappa shape index (κ1) is 18.7. The number of benzene rings is 1. The lowest BCUT2D eigenvalue weighted by Gasteiger charge is -2.13. The van der Waals surface area contributed by atoms with Gasteiger partial charge in [0.1, 0.15) is 11.4 Å². The molecule has 4 aromatic rings. The van der Waals surface area contributed by atoms with E-state index >= 15 is 0 Å². The highest BCUT2D eigenvalue weighted by Gasteiger charge is 2.22. The van der Waals surface area contributed by atoms with E-state index in [0.29, 0.717) is 33.8 Å². The topological polar surface area (TPSA) is 95.1 Å². The predicted molar refractivity (Wildman–Crippen MR) is 108 cm³/mol. The minimum atomic E-state index is -0.257. The van der Waals surface area contributed by atoms with Gasteiger partial charge in [0.2, 0.25) is 0 Å². The molecule has 8 heteroatoms. The van der Waals surface area contributed by atoms with Crippen molar-refractivity contribution in [3.8, 4) is 17.0 Å². The third-order valence-corrected chi connectivity index (χ3v) is 4.69. The van der Waals surface area contributed by atoms with Gasteiger partial charge in [-0.05, 0) is 38.1 Å². The highest BCUT2D eigenvalue weighted by Crippen LogP contribution is 2.32. The van der Waals surface area contributed by atoms with Crippen LogP contribution in [0.4, 0.5) is 0 Å². The predicted octanol–water partition coefficient (Wildman–Crippen LogP) is 3.43. The number of aromatic nitrogens is 4. The molecule has 0 spiro atoms.